The number of alkyl halides is 3. The molecule has 1 amide bonds. The van der Waals surface area contributed by atoms with Crippen molar-refractivity contribution in [3.05, 3.63) is 54.2 Å². The van der Waals surface area contributed by atoms with E-state index in [2.05, 4.69) is 15.0 Å². The van der Waals surface area contributed by atoms with E-state index in [1.54, 1.807) is 6.33 Å². The van der Waals surface area contributed by atoms with Crippen LogP contribution in [0.15, 0.2) is 43.0 Å². The number of ether oxygens (including phenoxy) is 1. The average Bonchev–Trinajstić information content (AvgIpc) is 3.15. The Balaban J connectivity index is 1.58. The summed E-state index contributed by atoms with van der Waals surface area (Å²) in [5.41, 5.74) is 0.752. The van der Waals surface area contributed by atoms with Crippen LogP contribution in [0.2, 0.25) is 0 Å². The standard InChI is InChI=1S/C19H18F3N5O2/c20-19(21,22)16(14-3-1-2-6-23-14)26-18(28)12-9-15-17(24-10-12)27(11-25-15)13-4-7-29-8-5-13/h1-3,6,9-11,13,16H,4-5,7-8H2,(H,26,28). The van der Waals surface area contributed by atoms with Gasteiger partial charge >= 0.3 is 6.18 Å². The Labute approximate surface area is 163 Å². The van der Waals surface area contributed by atoms with Crippen molar-refractivity contribution in [3.8, 4) is 0 Å². The van der Waals surface area contributed by atoms with Gasteiger partial charge in [0.25, 0.3) is 5.91 Å². The van der Waals surface area contributed by atoms with Gasteiger partial charge in [-0.3, -0.25) is 9.78 Å². The van der Waals surface area contributed by atoms with Crippen molar-refractivity contribution in [2.24, 2.45) is 0 Å². The zero-order valence-corrected chi connectivity index (χ0v) is 15.3. The maximum absolute atomic E-state index is 13.4. The number of halogens is 3. The quantitative estimate of drug-likeness (QED) is 0.721. The average molecular weight is 405 g/mol. The Morgan fingerprint density at radius 1 is 1.21 bits per heavy atom. The summed E-state index contributed by atoms with van der Waals surface area (Å²) in [6, 6.07) is 3.58. The van der Waals surface area contributed by atoms with E-state index in [0.717, 1.165) is 12.8 Å². The monoisotopic (exact) mass is 405 g/mol. The van der Waals surface area contributed by atoms with Crippen molar-refractivity contribution in [3.63, 3.8) is 0 Å². The molecule has 0 spiro atoms. The highest BCUT2D eigenvalue weighted by atomic mass is 19.4. The normalized spacial score (nSPS) is 16.7. The summed E-state index contributed by atoms with van der Waals surface area (Å²) < 4.78 is 47.6. The van der Waals surface area contributed by atoms with E-state index in [1.165, 1.54) is 36.7 Å². The molecule has 29 heavy (non-hydrogen) atoms. The molecule has 1 saturated heterocycles. The minimum absolute atomic E-state index is 0.0000846. The highest BCUT2D eigenvalue weighted by molar-refractivity contribution is 5.96. The van der Waals surface area contributed by atoms with Crippen LogP contribution in [0.5, 0.6) is 0 Å². The number of hydrogen-bond donors (Lipinski definition) is 1. The second-order valence-electron chi connectivity index (χ2n) is 6.76. The minimum atomic E-state index is -4.69. The molecule has 1 aliphatic heterocycles. The van der Waals surface area contributed by atoms with Crippen LogP contribution in [0.25, 0.3) is 11.2 Å². The van der Waals surface area contributed by atoms with Crippen LogP contribution in [0.4, 0.5) is 13.2 Å². The van der Waals surface area contributed by atoms with Crippen molar-refractivity contribution in [2.45, 2.75) is 31.1 Å². The number of amides is 1. The number of carbonyl (C=O) groups is 1. The highest BCUT2D eigenvalue weighted by Gasteiger charge is 2.43. The molecule has 0 aromatic carbocycles. The Bertz CT molecular complexity index is 1000. The molecule has 1 fully saturated rings. The molecule has 10 heteroatoms. The van der Waals surface area contributed by atoms with Gasteiger partial charge in [0.05, 0.1) is 17.6 Å². The van der Waals surface area contributed by atoms with E-state index in [-0.39, 0.29) is 17.3 Å². The third-order valence-corrected chi connectivity index (χ3v) is 4.85. The highest BCUT2D eigenvalue weighted by Crippen LogP contribution is 2.32. The molecule has 3 aromatic heterocycles. The molecular formula is C19H18F3N5O2. The van der Waals surface area contributed by atoms with Crippen LogP contribution in [0.1, 0.15) is 41.0 Å². The number of fused-ring (bicyclic) bond motifs is 1. The van der Waals surface area contributed by atoms with Crippen LogP contribution in [0.3, 0.4) is 0 Å². The summed E-state index contributed by atoms with van der Waals surface area (Å²) in [4.78, 5) is 24.8. The summed E-state index contributed by atoms with van der Waals surface area (Å²) in [5.74, 6) is -0.895. The summed E-state index contributed by atoms with van der Waals surface area (Å²) in [7, 11) is 0. The van der Waals surface area contributed by atoms with Crippen LogP contribution in [-0.2, 0) is 4.74 Å². The van der Waals surface area contributed by atoms with Gasteiger partial charge in [0.1, 0.15) is 5.52 Å². The van der Waals surface area contributed by atoms with Gasteiger partial charge in [-0.2, -0.15) is 13.2 Å². The maximum atomic E-state index is 13.4. The fourth-order valence-electron chi connectivity index (χ4n) is 3.36. The lowest BCUT2D eigenvalue weighted by molar-refractivity contribution is -0.156. The van der Waals surface area contributed by atoms with Crippen molar-refractivity contribution in [1.82, 2.24) is 24.8 Å². The zero-order valence-electron chi connectivity index (χ0n) is 15.3. The van der Waals surface area contributed by atoms with E-state index >= 15 is 0 Å². The first-order valence-electron chi connectivity index (χ1n) is 9.12. The van der Waals surface area contributed by atoms with E-state index in [4.69, 9.17) is 4.74 Å². The lowest BCUT2D eigenvalue weighted by Gasteiger charge is -2.23. The van der Waals surface area contributed by atoms with E-state index in [9.17, 15) is 18.0 Å². The van der Waals surface area contributed by atoms with Gasteiger partial charge in [-0.1, -0.05) is 6.07 Å². The number of hydrogen-bond acceptors (Lipinski definition) is 5. The molecule has 4 heterocycles. The SMILES string of the molecule is O=C(NC(c1ccccn1)C(F)(F)F)c1cnc2c(c1)ncn2C1CCOCC1. The van der Waals surface area contributed by atoms with Gasteiger partial charge in [0.15, 0.2) is 11.7 Å². The minimum Gasteiger partial charge on any atom is -0.381 e. The van der Waals surface area contributed by atoms with E-state index in [1.807, 2.05) is 9.88 Å². The summed E-state index contributed by atoms with van der Waals surface area (Å²) >= 11 is 0. The fourth-order valence-corrected chi connectivity index (χ4v) is 3.36. The molecule has 1 atom stereocenters. The Morgan fingerprint density at radius 2 is 2.00 bits per heavy atom. The third-order valence-electron chi connectivity index (χ3n) is 4.85. The molecule has 3 aromatic rings. The third kappa shape index (κ3) is 4.07. The smallest absolute Gasteiger partial charge is 0.381 e. The molecule has 7 nitrogen and oxygen atoms in total. The van der Waals surface area contributed by atoms with Gasteiger partial charge in [-0.15, -0.1) is 0 Å². The van der Waals surface area contributed by atoms with Crippen molar-refractivity contribution >= 4 is 17.1 Å². The molecule has 0 radical (unpaired) electrons. The summed E-state index contributed by atoms with van der Waals surface area (Å²) in [6.45, 7) is 1.30. The zero-order chi connectivity index (χ0) is 20.4. The topological polar surface area (TPSA) is 81.9 Å². The van der Waals surface area contributed by atoms with Crippen LogP contribution in [-0.4, -0.2) is 44.8 Å². The molecule has 1 N–H and O–H groups in total. The van der Waals surface area contributed by atoms with E-state index in [0.29, 0.717) is 24.4 Å². The molecule has 1 aliphatic rings. The molecule has 0 bridgehead atoms. The molecular weight excluding hydrogens is 387 g/mol. The number of imidazole rings is 1. The number of aromatic nitrogens is 4. The predicted molar refractivity (Wildman–Crippen MR) is 97.1 cm³/mol. The number of rotatable bonds is 4. The molecule has 4 rings (SSSR count). The first-order valence-corrected chi connectivity index (χ1v) is 9.12. The molecule has 1 unspecified atom stereocenters. The van der Waals surface area contributed by atoms with Gasteiger partial charge in [-0.05, 0) is 31.0 Å². The second kappa shape index (κ2) is 7.78. The van der Waals surface area contributed by atoms with Crippen LogP contribution >= 0.6 is 0 Å². The lowest BCUT2D eigenvalue weighted by Crippen LogP contribution is -2.38. The van der Waals surface area contributed by atoms with Crippen LogP contribution < -0.4 is 5.32 Å². The predicted octanol–water partition coefficient (Wildman–Crippen LogP) is 3.21. The first kappa shape index (κ1) is 19.3. The number of nitrogens with one attached hydrogen (secondary N) is 1. The Hall–Kier alpha value is -3.01. The van der Waals surface area contributed by atoms with E-state index < -0.39 is 18.1 Å². The molecule has 0 saturated carbocycles. The van der Waals surface area contributed by atoms with Crippen molar-refractivity contribution < 1.29 is 22.7 Å². The van der Waals surface area contributed by atoms with Gasteiger partial charge in [-0.25, -0.2) is 9.97 Å². The molecule has 152 valence electrons. The largest absolute Gasteiger partial charge is 0.414 e. The van der Waals surface area contributed by atoms with Crippen molar-refractivity contribution in [2.75, 3.05) is 13.2 Å². The first-order chi connectivity index (χ1) is 13.9. The number of carbonyl (C=O) groups excluding carboxylic acids is 1. The number of pyridine rings is 2. The summed E-state index contributed by atoms with van der Waals surface area (Å²) in [6.07, 6.45) is 1.12. The van der Waals surface area contributed by atoms with Crippen LogP contribution in [0, 0.1) is 0 Å². The van der Waals surface area contributed by atoms with Crippen molar-refractivity contribution in [1.29, 1.82) is 0 Å². The Morgan fingerprint density at radius 3 is 2.69 bits per heavy atom. The number of nitrogens with zero attached hydrogens (tertiary/aromatic N) is 4. The lowest BCUT2D eigenvalue weighted by atomic mass is 10.1. The second-order valence-corrected chi connectivity index (χ2v) is 6.76. The summed E-state index contributed by atoms with van der Waals surface area (Å²) in [5, 5.41) is 2.01. The van der Waals surface area contributed by atoms with Gasteiger partial charge < -0.3 is 14.6 Å². The Kier molecular flexibility index (Phi) is 5.18. The maximum Gasteiger partial charge on any atom is 0.414 e. The fraction of sp³-hybridized carbons (Fsp3) is 0.368. The van der Waals surface area contributed by atoms with Gasteiger partial charge in [0, 0.05) is 31.6 Å². The van der Waals surface area contributed by atoms with Gasteiger partial charge in [0.2, 0.25) is 0 Å². The molecule has 0 aliphatic carbocycles.